The van der Waals surface area contributed by atoms with Gasteiger partial charge in [0.1, 0.15) is 6.04 Å². The lowest BCUT2D eigenvalue weighted by Gasteiger charge is -2.22. The molecule has 0 radical (unpaired) electrons. The maximum Gasteiger partial charge on any atom is 0.312 e. The summed E-state index contributed by atoms with van der Waals surface area (Å²) in [7, 11) is 0. The number of hydrogen-bond acceptors (Lipinski definition) is 5. The Labute approximate surface area is 104 Å². The first kappa shape index (κ1) is 13.9. The number of urea groups is 1. The molecule has 18 heavy (non-hydrogen) atoms. The van der Waals surface area contributed by atoms with Gasteiger partial charge in [-0.15, -0.1) is 10.2 Å². The van der Waals surface area contributed by atoms with Crippen molar-refractivity contribution in [3.05, 3.63) is 5.82 Å². The fourth-order valence-electron chi connectivity index (χ4n) is 1.39. The van der Waals surface area contributed by atoms with Crippen LogP contribution in [0.1, 0.15) is 26.1 Å². The van der Waals surface area contributed by atoms with Crippen molar-refractivity contribution in [3.8, 4) is 0 Å². The Balaban J connectivity index is 2.55. The van der Waals surface area contributed by atoms with Gasteiger partial charge in [0.05, 0.1) is 6.54 Å². The van der Waals surface area contributed by atoms with Gasteiger partial charge in [-0.2, -0.15) is 5.21 Å². The molecule has 0 saturated heterocycles. The summed E-state index contributed by atoms with van der Waals surface area (Å²) >= 11 is 0. The van der Waals surface area contributed by atoms with Gasteiger partial charge >= 0.3 is 6.03 Å². The van der Waals surface area contributed by atoms with Crippen molar-refractivity contribution in [1.29, 1.82) is 0 Å². The lowest BCUT2D eigenvalue weighted by atomic mass is 9.98. The summed E-state index contributed by atoms with van der Waals surface area (Å²) < 4.78 is 0. The van der Waals surface area contributed by atoms with Crippen LogP contribution in [-0.4, -0.2) is 38.6 Å². The van der Waals surface area contributed by atoms with E-state index >= 15 is 0 Å². The van der Waals surface area contributed by atoms with E-state index in [0.717, 1.165) is 6.42 Å². The number of nitrogens with zero attached hydrogens (tertiary/aromatic N) is 3. The number of tetrazole rings is 1. The minimum Gasteiger partial charge on any atom is -0.352 e. The van der Waals surface area contributed by atoms with Crippen LogP contribution in [0.2, 0.25) is 0 Å². The van der Waals surface area contributed by atoms with Crippen LogP contribution in [0.5, 0.6) is 0 Å². The Kier molecular flexibility index (Phi) is 5.03. The zero-order valence-electron chi connectivity index (χ0n) is 10.3. The second-order valence-electron chi connectivity index (χ2n) is 3.92. The normalized spacial score (nSPS) is 13.7. The first-order valence-electron chi connectivity index (χ1n) is 5.60. The predicted octanol–water partition coefficient (Wildman–Crippen LogP) is -1.10. The third-order valence-corrected chi connectivity index (χ3v) is 2.60. The molecule has 100 valence electrons. The van der Waals surface area contributed by atoms with Gasteiger partial charge in [0.25, 0.3) is 0 Å². The molecule has 0 aliphatic rings. The molecule has 5 N–H and O–H groups in total. The van der Waals surface area contributed by atoms with Crippen LogP contribution >= 0.6 is 0 Å². The highest BCUT2D eigenvalue weighted by atomic mass is 16.2. The monoisotopic (exact) mass is 255 g/mol. The van der Waals surface area contributed by atoms with Crippen molar-refractivity contribution in [2.45, 2.75) is 32.9 Å². The molecule has 0 spiro atoms. The molecule has 9 nitrogen and oxygen atoms in total. The Morgan fingerprint density at radius 2 is 2.22 bits per heavy atom. The molecule has 0 bridgehead atoms. The van der Waals surface area contributed by atoms with Crippen LogP contribution in [0.3, 0.4) is 0 Å². The highest BCUT2D eigenvalue weighted by Crippen LogP contribution is 2.07. The van der Waals surface area contributed by atoms with Gasteiger partial charge in [0.2, 0.25) is 5.91 Å². The van der Waals surface area contributed by atoms with E-state index in [1.54, 1.807) is 0 Å². The SMILES string of the molecule is CCC(C)C(NC(N)=O)C(=O)NCc1nn[nH]n1. The summed E-state index contributed by atoms with van der Waals surface area (Å²) in [5.74, 6) is 0.0149. The van der Waals surface area contributed by atoms with Crippen LogP contribution in [-0.2, 0) is 11.3 Å². The van der Waals surface area contributed by atoms with Crippen LogP contribution in [0.4, 0.5) is 4.79 Å². The standard InChI is InChI=1S/C9H17N7O2/c1-3-5(2)7(12-9(10)18)8(17)11-4-6-13-15-16-14-6/h5,7H,3-4H2,1-2H3,(H,11,17)(H3,10,12,18)(H,13,14,15,16). The Bertz CT molecular complexity index is 392. The molecule has 0 aliphatic heterocycles. The third-order valence-electron chi connectivity index (χ3n) is 2.60. The minimum absolute atomic E-state index is 0.0252. The van der Waals surface area contributed by atoms with E-state index in [0.29, 0.717) is 5.82 Å². The van der Waals surface area contributed by atoms with E-state index in [1.165, 1.54) is 0 Å². The van der Waals surface area contributed by atoms with Gasteiger partial charge in [0, 0.05) is 0 Å². The Hall–Kier alpha value is -2.19. The van der Waals surface area contributed by atoms with Gasteiger partial charge in [-0.1, -0.05) is 25.5 Å². The molecule has 9 heteroatoms. The molecule has 0 saturated carbocycles. The summed E-state index contributed by atoms with van der Waals surface area (Å²) in [6.07, 6.45) is 0.737. The Morgan fingerprint density at radius 1 is 1.50 bits per heavy atom. The lowest BCUT2D eigenvalue weighted by molar-refractivity contribution is -0.124. The number of carbonyl (C=O) groups excluding carboxylic acids is 2. The number of primary amides is 1. The molecule has 3 amide bonds. The van der Waals surface area contributed by atoms with E-state index in [2.05, 4.69) is 31.3 Å². The quantitative estimate of drug-likeness (QED) is 0.511. The van der Waals surface area contributed by atoms with E-state index in [-0.39, 0.29) is 18.4 Å². The lowest BCUT2D eigenvalue weighted by Crippen LogP contribution is -2.51. The molecular weight excluding hydrogens is 238 g/mol. The minimum atomic E-state index is -0.727. The first-order chi connectivity index (χ1) is 8.54. The second kappa shape index (κ2) is 6.52. The maximum absolute atomic E-state index is 11.9. The number of nitrogens with two attached hydrogens (primary N) is 1. The van der Waals surface area contributed by atoms with Crippen molar-refractivity contribution in [1.82, 2.24) is 31.3 Å². The fraction of sp³-hybridized carbons (Fsp3) is 0.667. The number of amides is 3. The van der Waals surface area contributed by atoms with E-state index in [9.17, 15) is 9.59 Å². The molecule has 1 aromatic heterocycles. The van der Waals surface area contributed by atoms with Crippen molar-refractivity contribution in [3.63, 3.8) is 0 Å². The molecule has 0 aliphatic carbocycles. The Morgan fingerprint density at radius 3 is 2.72 bits per heavy atom. The van der Waals surface area contributed by atoms with Crippen molar-refractivity contribution >= 4 is 11.9 Å². The molecule has 0 aromatic carbocycles. The number of H-pyrrole nitrogens is 1. The molecule has 1 aromatic rings. The maximum atomic E-state index is 11.9. The summed E-state index contributed by atoms with van der Waals surface area (Å²) in [5, 5.41) is 18.1. The summed E-state index contributed by atoms with van der Waals surface area (Å²) in [6, 6.07) is -1.39. The average Bonchev–Trinajstić information content (AvgIpc) is 2.85. The number of aromatic amines is 1. The van der Waals surface area contributed by atoms with Crippen LogP contribution in [0, 0.1) is 5.92 Å². The molecule has 0 fully saturated rings. The van der Waals surface area contributed by atoms with E-state index < -0.39 is 12.1 Å². The van der Waals surface area contributed by atoms with Gasteiger partial charge in [-0.25, -0.2) is 4.79 Å². The molecule has 2 atom stereocenters. The molecule has 2 unspecified atom stereocenters. The van der Waals surface area contributed by atoms with Crippen LogP contribution in [0.15, 0.2) is 0 Å². The number of nitrogens with one attached hydrogen (secondary N) is 3. The number of rotatable bonds is 6. The zero-order valence-corrected chi connectivity index (χ0v) is 10.3. The molecular formula is C9H17N7O2. The number of carbonyl (C=O) groups is 2. The topological polar surface area (TPSA) is 139 Å². The predicted molar refractivity (Wildman–Crippen MR) is 62.0 cm³/mol. The molecule has 1 rings (SSSR count). The second-order valence-corrected chi connectivity index (χ2v) is 3.92. The first-order valence-corrected chi connectivity index (χ1v) is 5.60. The average molecular weight is 255 g/mol. The smallest absolute Gasteiger partial charge is 0.312 e. The summed E-state index contributed by atoms with van der Waals surface area (Å²) in [4.78, 5) is 22.8. The van der Waals surface area contributed by atoms with Gasteiger partial charge in [-0.3, -0.25) is 4.79 Å². The van der Waals surface area contributed by atoms with Crippen molar-refractivity contribution < 1.29 is 9.59 Å². The fourth-order valence-corrected chi connectivity index (χ4v) is 1.39. The van der Waals surface area contributed by atoms with Crippen LogP contribution in [0.25, 0.3) is 0 Å². The highest BCUT2D eigenvalue weighted by molar-refractivity contribution is 5.86. The van der Waals surface area contributed by atoms with E-state index in [4.69, 9.17) is 5.73 Å². The van der Waals surface area contributed by atoms with Gasteiger partial charge < -0.3 is 16.4 Å². The number of hydrogen-bond donors (Lipinski definition) is 4. The van der Waals surface area contributed by atoms with Gasteiger partial charge in [-0.05, 0) is 5.92 Å². The molecule has 1 heterocycles. The summed E-state index contributed by atoms with van der Waals surface area (Å²) in [6.45, 7) is 3.92. The van der Waals surface area contributed by atoms with Crippen molar-refractivity contribution in [2.24, 2.45) is 11.7 Å². The largest absolute Gasteiger partial charge is 0.352 e. The van der Waals surface area contributed by atoms with Crippen LogP contribution < -0.4 is 16.4 Å². The number of aromatic nitrogens is 4. The summed E-state index contributed by atoms with van der Waals surface area (Å²) in [5.41, 5.74) is 5.04. The van der Waals surface area contributed by atoms with Crippen molar-refractivity contribution in [2.75, 3.05) is 0 Å². The zero-order chi connectivity index (χ0) is 13.5. The third kappa shape index (κ3) is 4.00. The van der Waals surface area contributed by atoms with Gasteiger partial charge in [0.15, 0.2) is 5.82 Å². The highest BCUT2D eigenvalue weighted by Gasteiger charge is 2.25. The van der Waals surface area contributed by atoms with E-state index in [1.807, 2.05) is 13.8 Å².